The SMILES string of the molecule is CCC(C#N)(CC)C(=O)NCc1nncn1C. The first-order valence-electron chi connectivity index (χ1n) is 5.62. The van der Waals surface area contributed by atoms with E-state index >= 15 is 0 Å². The second kappa shape index (κ2) is 5.43. The summed E-state index contributed by atoms with van der Waals surface area (Å²) in [6.45, 7) is 3.97. The zero-order valence-corrected chi connectivity index (χ0v) is 10.4. The van der Waals surface area contributed by atoms with Crippen molar-refractivity contribution < 1.29 is 4.79 Å². The Morgan fingerprint density at radius 1 is 1.59 bits per heavy atom. The van der Waals surface area contributed by atoms with Crippen molar-refractivity contribution in [3.8, 4) is 6.07 Å². The van der Waals surface area contributed by atoms with Gasteiger partial charge in [-0.1, -0.05) is 13.8 Å². The highest BCUT2D eigenvalue weighted by atomic mass is 16.2. The fraction of sp³-hybridized carbons (Fsp3) is 0.636. The summed E-state index contributed by atoms with van der Waals surface area (Å²) in [5.41, 5.74) is -0.932. The lowest BCUT2D eigenvalue weighted by Crippen LogP contribution is -2.39. The summed E-state index contributed by atoms with van der Waals surface area (Å²) in [6, 6.07) is 2.10. The van der Waals surface area contributed by atoms with Gasteiger partial charge in [0.25, 0.3) is 0 Å². The molecule has 0 unspecified atom stereocenters. The van der Waals surface area contributed by atoms with Gasteiger partial charge in [0, 0.05) is 7.05 Å². The van der Waals surface area contributed by atoms with Gasteiger partial charge in [0.05, 0.1) is 12.6 Å². The first kappa shape index (κ1) is 13.2. The summed E-state index contributed by atoms with van der Waals surface area (Å²) in [5, 5.41) is 19.4. The van der Waals surface area contributed by atoms with Crippen LogP contribution >= 0.6 is 0 Å². The van der Waals surface area contributed by atoms with Gasteiger partial charge in [-0.05, 0) is 12.8 Å². The summed E-state index contributed by atoms with van der Waals surface area (Å²) >= 11 is 0. The summed E-state index contributed by atoms with van der Waals surface area (Å²) in [4.78, 5) is 12.0. The Kier molecular flexibility index (Phi) is 4.21. The molecular formula is C11H17N5O. The van der Waals surface area contributed by atoms with Crippen LogP contribution in [0.3, 0.4) is 0 Å². The highest BCUT2D eigenvalue weighted by Crippen LogP contribution is 2.25. The van der Waals surface area contributed by atoms with Gasteiger partial charge in [-0.3, -0.25) is 4.79 Å². The van der Waals surface area contributed by atoms with E-state index in [-0.39, 0.29) is 5.91 Å². The average molecular weight is 235 g/mol. The number of rotatable bonds is 5. The number of aromatic nitrogens is 3. The van der Waals surface area contributed by atoms with Crippen LogP contribution in [0.1, 0.15) is 32.5 Å². The number of nitrogens with one attached hydrogen (secondary N) is 1. The predicted molar refractivity (Wildman–Crippen MR) is 61.5 cm³/mol. The van der Waals surface area contributed by atoms with E-state index < -0.39 is 5.41 Å². The van der Waals surface area contributed by atoms with Crippen molar-refractivity contribution in [2.75, 3.05) is 0 Å². The molecule has 0 aliphatic carbocycles. The molecule has 1 aromatic heterocycles. The van der Waals surface area contributed by atoms with Crippen LogP contribution in [0.4, 0.5) is 0 Å². The second-order valence-corrected chi connectivity index (χ2v) is 3.94. The molecule has 0 radical (unpaired) electrons. The van der Waals surface area contributed by atoms with E-state index in [9.17, 15) is 4.79 Å². The molecular weight excluding hydrogens is 218 g/mol. The highest BCUT2D eigenvalue weighted by Gasteiger charge is 2.34. The third-order valence-corrected chi connectivity index (χ3v) is 3.07. The van der Waals surface area contributed by atoms with Crippen LogP contribution in [0.25, 0.3) is 0 Å². The van der Waals surface area contributed by atoms with Gasteiger partial charge in [-0.2, -0.15) is 5.26 Å². The molecule has 1 amide bonds. The van der Waals surface area contributed by atoms with E-state index in [4.69, 9.17) is 5.26 Å². The molecule has 6 nitrogen and oxygen atoms in total. The molecule has 0 aliphatic heterocycles. The van der Waals surface area contributed by atoms with Crippen molar-refractivity contribution in [1.29, 1.82) is 5.26 Å². The number of carbonyl (C=O) groups excluding carboxylic acids is 1. The second-order valence-electron chi connectivity index (χ2n) is 3.94. The molecule has 1 aromatic rings. The normalized spacial score (nSPS) is 10.9. The van der Waals surface area contributed by atoms with Gasteiger partial charge in [-0.25, -0.2) is 0 Å². The average Bonchev–Trinajstić information content (AvgIpc) is 2.75. The van der Waals surface area contributed by atoms with E-state index in [0.717, 1.165) is 0 Å². The van der Waals surface area contributed by atoms with Crippen LogP contribution in [-0.2, 0) is 18.4 Å². The molecule has 0 spiro atoms. The first-order valence-corrected chi connectivity index (χ1v) is 5.62. The molecule has 1 rings (SSSR count). The third-order valence-electron chi connectivity index (χ3n) is 3.07. The molecule has 0 fully saturated rings. The van der Waals surface area contributed by atoms with E-state index in [0.29, 0.717) is 25.2 Å². The highest BCUT2D eigenvalue weighted by molar-refractivity contribution is 5.85. The lowest BCUT2D eigenvalue weighted by Gasteiger charge is -2.21. The number of nitrogens with zero attached hydrogens (tertiary/aromatic N) is 4. The predicted octanol–water partition coefficient (Wildman–Crippen LogP) is 0.761. The third kappa shape index (κ3) is 2.61. The first-order chi connectivity index (χ1) is 8.09. The fourth-order valence-electron chi connectivity index (χ4n) is 1.58. The van der Waals surface area contributed by atoms with Crippen molar-refractivity contribution in [2.45, 2.75) is 33.2 Å². The number of aryl methyl sites for hydroxylation is 1. The number of amides is 1. The summed E-state index contributed by atoms with van der Waals surface area (Å²) in [5.74, 6) is 0.422. The van der Waals surface area contributed by atoms with E-state index in [1.807, 2.05) is 13.8 Å². The topological polar surface area (TPSA) is 83.6 Å². The van der Waals surface area contributed by atoms with Crippen LogP contribution < -0.4 is 5.32 Å². The number of hydrogen-bond acceptors (Lipinski definition) is 4. The van der Waals surface area contributed by atoms with Gasteiger partial charge in [0.1, 0.15) is 11.7 Å². The van der Waals surface area contributed by atoms with Crippen LogP contribution in [0.2, 0.25) is 0 Å². The van der Waals surface area contributed by atoms with Crippen molar-refractivity contribution >= 4 is 5.91 Å². The maximum Gasteiger partial charge on any atom is 0.240 e. The lowest BCUT2D eigenvalue weighted by molar-refractivity contribution is -0.128. The summed E-state index contributed by atoms with van der Waals surface area (Å²) in [6.07, 6.45) is 2.58. The quantitative estimate of drug-likeness (QED) is 0.816. The Bertz CT molecular complexity index is 427. The van der Waals surface area contributed by atoms with Gasteiger partial charge in [-0.15, -0.1) is 10.2 Å². The van der Waals surface area contributed by atoms with Crippen molar-refractivity contribution in [3.05, 3.63) is 12.2 Å². The molecule has 1 heterocycles. The van der Waals surface area contributed by atoms with Crippen molar-refractivity contribution in [3.63, 3.8) is 0 Å². The largest absolute Gasteiger partial charge is 0.347 e. The van der Waals surface area contributed by atoms with Crippen molar-refractivity contribution in [2.24, 2.45) is 12.5 Å². The van der Waals surface area contributed by atoms with E-state index in [1.54, 1.807) is 17.9 Å². The fourth-order valence-corrected chi connectivity index (χ4v) is 1.58. The lowest BCUT2D eigenvalue weighted by atomic mass is 9.83. The standard InChI is InChI=1S/C11H17N5O/c1-4-11(5-2,7-12)10(17)13-6-9-15-14-8-16(9)3/h8H,4-6H2,1-3H3,(H,13,17). The maximum atomic E-state index is 12.0. The molecule has 1 N–H and O–H groups in total. The molecule has 0 saturated carbocycles. The smallest absolute Gasteiger partial charge is 0.240 e. The molecule has 0 saturated heterocycles. The van der Waals surface area contributed by atoms with Gasteiger partial charge in [0.15, 0.2) is 5.82 Å². The zero-order chi connectivity index (χ0) is 12.9. The monoisotopic (exact) mass is 235 g/mol. The Balaban J connectivity index is 2.67. The Labute approximate surface area is 101 Å². The van der Waals surface area contributed by atoms with Crippen LogP contribution in [0, 0.1) is 16.7 Å². The molecule has 6 heteroatoms. The number of carbonyl (C=O) groups is 1. The van der Waals surface area contributed by atoms with Gasteiger partial charge in [0.2, 0.25) is 5.91 Å². The zero-order valence-electron chi connectivity index (χ0n) is 10.4. The van der Waals surface area contributed by atoms with Gasteiger partial charge >= 0.3 is 0 Å². The molecule has 17 heavy (non-hydrogen) atoms. The minimum atomic E-state index is -0.932. The number of hydrogen-bond donors (Lipinski definition) is 1. The Morgan fingerprint density at radius 2 is 2.24 bits per heavy atom. The Hall–Kier alpha value is -1.90. The summed E-state index contributed by atoms with van der Waals surface area (Å²) in [7, 11) is 1.80. The number of nitriles is 1. The maximum absolute atomic E-state index is 12.0. The molecule has 0 aliphatic rings. The Morgan fingerprint density at radius 3 is 2.65 bits per heavy atom. The molecule has 0 atom stereocenters. The minimum absolute atomic E-state index is 0.243. The summed E-state index contributed by atoms with van der Waals surface area (Å²) < 4.78 is 1.73. The molecule has 0 aromatic carbocycles. The van der Waals surface area contributed by atoms with E-state index in [2.05, 4.69) is 21.6 Å². The van der Waals surface area contributed by atoms with Crippen LogP contribution in [0.15, 0.2) is 6.33 Å². The minimum Gasteiger partial charge on any atom is -0.347 e. The van der Waals surface area contributed by atoms with Crippen LogP contribution in [0.5, 0.6) is 0 Å². The molecule has 0 bridgehead atoms. The van der Waals surface area contributed by atoms with Crippen molar-refractivity contribution in [1.82, 2.24) is 20.1 Å². The van der Waals surface area contributed by atoms with E-state index in [1.165, 1.54) is 0 Å². The van der Waals surface area contributed by atoms with Gasteiger partial charge < -0.3 is 9.88 Å². The molecule has 92 valence electrons. The van der Waals surface area contributed by atoms with Crippen LogP contribution in [-0.4, -0.2) is 20.7 Å².